The van der Waals surface area contributed by atoms with E-state index in [1.165, 1.54) is 0 Å². The molecule has 1 aliphatic rings. The quantitative estimate of drug-likeness (QED) is 0.250. The third-order valence-corrected chi connectivity index (χ3v) is 7.39. The van der Waals surface area contributed by atoms with E-state index in [9.17, 15) is 24.6 Å². The number of aliphatic hydroxyl groups excluding tert-OH is 2. The summed E-state index contributed by atoms with van der Waals surface area (Å²) in [7, 11) is 0. The average Bonchev–Trinajstić information content (AvgIpc) is 3.26. The van der Waals surface area contributed by atoms with Crippen molar-refractivity contribution < 1.29 is 29.3 Å². The van der Waals surface area contributed by atoms with Gasteiger partial charge < -0.3 is 25.6 Å². The molecule has 0 radical (unpaired) electrons. The molecule has 4 rings (SSSR count). The number of nitrogens with one attached hydrogen (secondary N) is 2. The predicted molar refractivity (Wildman–Crippen MR) is 160 cm³/mol. The molecule has 8 heteroatoms. The fraction of sp³-hybridized carbons (Fsp3) is 0.382. The van der Waals surface area contributed by atoms with Crippen LogP contribution in [0.3, 0.4) is 0 Å². The Bertz CT molecular complexity index is 1360. The zero-order valence-corrected chi connectivity index (χ0v) is 24.3. The summed E-state index contributed by atoms with van der Waals surface area (Å²) in [6.07, 6.45) is -2.22. The Labute approximate surface area is 247 Å². The lowest BCUT2D eigenvalue weighted by Crippen LogP contribution is -2.48. The van der Waals surface area contributed by atoms with Gasteiger partial charge in [-0.05, 0) is 50.3 Å². The van der Waals surface area contributed by atoms with Crippen LogP contribution in [0.4, 0.5) is 4.79 Å². The van der Waals surface area contributed by atoms with E-state index in [1.54, 1.807) is 51.1 Å². The minimum Gasteiger partial charge on any atom is -0.444 e. The molecule has 8 nitrogen and oxygen atoms in total. The molecule has 0 bridgehead atoms. The molecule has 3 aromatic rings. The molecule has 4 N–H and O–H groups in total. The van der Waals surface area contributed by atoms with Gasteiger partial charge in [0.25, 0.3) is 0 Å². The van der Waals surface area contributed by atoms with Crippen molar-refractivity contribution in [3.63, 3.8) is 0 Å². The summed E-state index contributed by atoms with van der Waals surface area (Å²) >= 11 is 0. The van der Waals surface area contributed by atoms with Crippen LogP contribution in [0.15, 0.2) is 84.9 Å². The van der Waals surface area contributed by atoms with E-state index in [4.69, 9.17) is 4.74 Å². The maximum Gasteiger partial charge on any atom is 0.407 e. The second-order valence-electron chi connectivity index (χ2n) is 11.9. The van der Waals surface area contributed by atoms with Gasteiger partial charge in [-0.2, -0.15) is 0 Å². The van der Waals surface area contributed by atoms with Gasteiger partial charge in [-0.25, -0.2) is 4.79 Å². The van der Waals surface area contributed by atoms with Gasteiger partial charge in [0.2, 0.25) is 5.91 Å². The maximum absolute atomic E-state index is 13.8. The highest BCUT2D eigenvalue weighted by Gasteiger charge is 2.36. The first-order valence-electron chi connectivity index (χ1n) is 14.4. The van der Waals surface area contributed by atoms with Crippen molar-refractivity contribution in [3.05, 3.63) is 107 Å². The van der Waals surface area contributed by atoms with Crippen LogP contribution in [0.25, 0.3) is 0 Å². The molecule has 0 fully saturated rings. The molecule has 0 aliphatic heterocycles. The number of ether oxygens (including phenoxy) is 1. The summed E-state index contributed by atoms with van der Waals surface area (Å²) in [5.41, 5.74) is 2.39. The van der Waals surface area contributed by atoms with Gasteiger partial charge in [-0.15, -0.1) is 0 Å². The van der Waals surface area contributed by atoms with Gasteiger partial charge in [0.05, 0.1) is 24.3 Å². The number of carbonyl (C=O) groups excluding carboxylic acids is 3. The van der Waals surface area contributed by atoms with E-state index >= 15 is 0 Å². The number of carbonyl (C=O) groups is 3. The molecular formula is C34H40N2O6. The SMILES string of the molecule is CC(C)(C)OC(=O)N[C@@H](Cc1ccccc1)[C@@H](O)C[C@@H](CC(=O)c1ccccc1)C(=O)N[C@@H]1c2ccccc2C[C@H]1O. The molecular weight excluding hydrogens is 532 g/mol. The first-order valence-corrected chi connectivity index (χ1v) is 14.4. The Morgan fingerprint density at radius 3 is 2.21 bits per heavy atom. The molecule has 0 heterocycles. The van der Waals surface area contributed by atoms with Crippen molar-refractivity contribution >= 4 is 17.8 Å². The lowest BCUT2D eigenvalue weighted by Gasteiger charge is -2.29. The summed E-state index contributed by atoms with van der Waals surface area (Å²) in [6, 6.07) is 24.2. The van der Waals surface area contributed by atoms with Crippen LogP contribution in [0.5, 0.6) is 0 Å². The number of ketones is 1. The Kier molecular flexibility index (Phi) is 10.1. The normalized spacial score (nSPS) is 18.3. The van der Waals surface area contributed by atoms with Crippen LogP contribution >= 0.6 is 0 Å². The van der Waals surface area contributed by atoms with Gasteiger partial charge in [0.15, 0.2) is 5.78 Å². The fourth-order valence-corrected chi connectivity index (χ4v) is 5.33. The largest absolute Gasteiger partial charge is 0.444 e. The molecule has 0 aromatic heterocycles. The number of aliphatic hydroxyl groups is 2. The Balaban J connectivity index is 1.56. The fourth-order valence-electron chi connectivity index (χ4n) is 5.33. The van der Waals surface area contributed by atoms with Gasteiger partial charge >= 0.3 is 6.09 Å². The van der Waals surface area contributed by atoms with Gasteiger partial charge in [0, 0.05) is 24.3 Å². The lowest BCUT2D eigenvalue weighted by atomic mass is 9.88. The van der Waals surface area contributed by atoms with Crippen LogP contribution in [0, 0.1) is 5.92 Å². The molecule has 3 aromatic carbocycles. The topological polar surface area (TPSA) is 125 Å². The van der Waals surface area contributed by atoms with E-state index in [0.29, 0.717) is 12.0 Å². The monoisotopic (exact) mass is 572 g/mol. The number of benzene rings is 3. The van der Waals surface area contributed by atoms with Crippen LogP contribution in [-0.2, 0) is 22.4 Å². The molecule has 0 saturated heterocycles. The minimum absolute atomic E-state index is 0.0951. The van der Waals surface area contributed by atoms with E-state index in [-0.39, 0.29) is 25.0 Å². The Morgan fingerprint density at radius 2 is 1.55 bits per heavy atom. The number of rotatable bonds is 11. The van der Waals surface area contributed by atoms with Crippen molar-refractivity contribution in [2.75, 3.05) is 0 Å². The number of hydrogen-bond donors (Lipinski definition) is 4. The first kappa shape index (κ1) is 30.9. The van der Waals surface area contributed by atoms with Crippen LogP contribution < -0.4 is 10.6 Å². The number of fused-ring (bicyclic) bond motifs is 1. The average molecular weight is 573 g/mol. The maximum atomic E-state index is 13.8. The van der Waals surface area contributed by atoms with Crippen LogP contribution in [-0.4, -0.2) is 51.8 Å². The van der Waals surface area contributed by atoms with Crippen molar-refractivity contribution in [1.29, 1.82) is 0 Å². The van der Waals surface area contributed by atoms with Gasteiger partial charge in [0.1, 0.15) is 5.60 Å². The molecule has 5 atom stereocenters. The van der Waals surface area contributed by atoms with Crippen molar-refractivity contribution in [2.45, 2.75) is 76.3 Å². The molecule has 0 unspecified atom stereocenters. The summed E-state index contributed by atoms with van der Waals surface area (Å²) in [5.74, 6) is -1.61. The number of hydrogen-bond acceptors (Lipinski definition) is 6. The number of amides is 2. The summed E-state index contributed by atoms with van der Waals surface area (Å²) in [6.45, 7) is 5.25. The third-order valence-electron chi connectivity index (χ3n) is 7.39. The van der Waals surface area contributed by atoms with E-state index in [0.717, 1.165) is 16.7 Å². The highest BCUT2D eigenvalue weighted by Crippen LogP contribution is 2.32. The third kappa shape index (κ3) is 8.50. The van der Waals surface area contributed by atoms with E-state index in [2.05, 4.69) is 10.6 Å². The van der Waals surface area contributed by atoms with Crippen LogP contribution in [0.1, 0.15) is 66.7 Å². The summed E-state index contributed by atoms with van der Waals surface area (Å²) < 4.78 is 5.44. The van der Waals surface area contributed by atoms with E-state index in [1.807, 2.05) is 54.6 Å². The Hall–Kier alpha value is -4.01. The van der Waals surface area contributed by atoms with E-state index < -0.39 is 47.8 Å². The van der Waals surface area contributed by atoms with Crippen LogP contribution in [0.2, 0.25) is 0 Å². The molecule has 0 spiro atoms. The number of Topliss-reactive ketones (excluding diaryl/α,β-unsaturated/α-hetero) is 1. The van der Waals surface area contributed by atoms with Crippen molar-refractivity contribution in [3.8, 4) is 0 Å². The van der Waals surface area contributed by atoms with Crippen molar-refractivity contribution in [1.82, 2.24) is 10.6 Å². The molecule has 0 saturated carbocycles. The lowest BCUT2D eigenvalue weighted by molar-refractivity contribution is -0.127. The zero-order chi connectivity index (χ0) is 30.3. The molecule has 1 aliphatic carbocycles. The zero-order valence-electron chi connectivity index (χ0n) is 24.3. The first-order chi connectivity index (χ1) is 20.0. The molecule has 42 heavy (non-hydrogen) atoms. The Morgan fingerprint density at radius 1 is 0.929 bits per heavy atom. The van der Waals surface area contributed by atoms with Gasteiger partial charge in [-0.3, -0.25) is 9.59 Å². The predicted octanol–water partition coefficient (Wildman–Crippen LogP) is 4.54. The molecule has 2 amide bonds. The smallest absolute Gasteiger partial charge is 0.407 e. The number of alkyl carbamates (subject to hydrolysis) is 1. The van der Waals surface area contributed by atoms with Crippen molar-refractivity contribution in [2.24, 2.45) is 5.92 Å². The second kappa shape index (κ2) is 13.8. The summed E-state index contributed by atoms with van der Waals surface area (Å²) in [5, 5.41) is 27.9. The van der Waals surface area contributed by atoms with Gasteiger partial charge in [-0.1, -0.05) is 84.9 Å². The summed E-state index contributed by atoms with van der Waals surface area (Å²) in [4.78, 5) is 39.7. The second-order valence-corrected chi connectivity index (χ2v) is 11.9. The standard InChI is InChI=1S/C34H40N2O6/c1-34(2,3)42-33(41)35-27(18-22-12-6-4-7-13-22)29(38)21-25(20-28(37)23-14-8-5-9-15-23)32(40)36-31-26-17-11-10-16-24(26)19-30(31)39/h4-17,25,27,29-31,38-39H,18-21H2,1-3H3,(H,35,41)(H,36,40)/t25-,27+,29+,30-,31-/m1/s1. The minimum atomic E-state index is -1.18. The molecule has 222 valence electrons. The highest BCUT2D eigenvalue weighted by atomic mass is 16.6. The highest BCUT2D eigenvalue weighted by molar-refractivity contribution is 5.98.